The van der Waals surface area contributed by atoms with E-state index in [-0.39, 0.29) is 6.04 Å². The van der Waals surface area contributed by atoms with Crippen LogP contribution in [-0.4, -0.2) is 5.71 Å². The summed E-state index contributed by atoms with van der Waals surface area (Å²) < 4.78 is 1.08. The van der Waals surface area contributed by atoms with E-state index in [4.69, 9.17) is 16.7 Å². The largest absolute Gasteiger partial charge is 0.257 e. The molecule has 1 aromatic heterocycles. The highest BCUT2D eigenvalue weighted by Gasteiger charge is 2.30. The van der Waals surface area contributed by atoms with Crippen molar-refractivity contribution in [3.05, 3.63) is 86.0 Å². The molecule has 2 aromatic carbocycles. The zero-order chi connectivity index (χ0) is 16.5. The van der Waals surface area contributed by atoms with Gasteiger partial charge >= 0.3 is 0 Å². The summed E-state index contributed by atoms with van der Waals surface area (Å²) >= 11 is 11.3. The summed E-state index contributed by atoms with van der Waals surface area (Å²) in [6.07, 6.45) is 0.894. The van der Waals surface area contributed by atoms with E-state index in [0.29, 0.717) is 0 Å². The number of halogens is 2. The lowest BCUT2D eigenvalue weighted by Gasteiger charge is -2.22. The fourth-order valence-corrected chi connectivity index (χ4v) is 4.06. The molecule has 0 radical (unpaired) electrons. The van der Waals surface area contributed by atoms with Crippen LogP contribution in [0, 0.1) is 0 Å². The highest BCUT2D eigenvalue weighted by atomic mass is 79.9. The van der Waals surface area contributed by atoms with Crippen LogP contribution in [0.5, 0.6) is 0 Å². The molecule has 5 heteroatoms. The first kappa shape index (κ1) is 15.9. The third kappa shape index (κ3) is 3.14. The van der Waals surface area contributed by atoms with E-state index in [9.17, 15) is 0 Å². The Morgan fingerprint density at radius 2 is 1.79 bits per heavy atom. The lowest BCUT2D eigenvalue weighted by molar-refractivity contribution is 0.722. The van der Waals surface area contributed by atoms with Crippen molar-refractivity contribution in [2.45, 2.75) is 12.5 Å². The van der Waals surface area contributed by atoms with Crippen LogP contribution in [0.2, 0.25) is 5.02 Å². The van der Waals surface area contributed by atoms with Crippen LogP contribution in [0.3, 0.4) is 0 Å². The maximum atomic E-state index is 6.04. The summed E-state index contributed by atoms with van der Waals surface area (Å²) in [4.78, 5) is 1.32. The quantitative estimate of drug-likeness (QED) is 0.473. The average Bonchev–Trinajstić information content (AvgIpc) is 3.25. The number of hydrogen-bond acceptors (Lipinski definition) is 3. The SMILES string of the molecule is Clc1ccc(N2N=C(c3ccc(Br)cc3)C[C@H]2c2cccs2)cc1. The van der Waals surface area contributed by atoms with Crippen LogP contribution in [0.15, 0.2) is 75.6 Å². The summed E-state index contributed by atoms with van der Waals surface area (Å²) in [5.74, 6) is 0. The number of hydrazone groups is 1. The van der Waals surface area contributed by atoms with E-state index in [1.54, 1.807) is 11.3 Å². The van der Waals surface area contributed by atoms with Crippen molar-refractivity contribution in [3.63, 3.8) is 0 Å². The second kappa shape index (κ2) is 6.71. The molecular formula is C19H14BrClN2S. The minimum atomic E-state index is 0.227. The molecular weight excluding hydrogens is 404 g/mol. The maximum absolute atomic E-state index is 6.04. The molecule has 0 fully saturated rings. The molecule has 0 spiro atoms. The first-order valence-electron chi connectivity index (χ1n) is 7.62. The predicted octanol–water partition coefficient (Wildman–Crippen LogP) is 6.52. The van der Waals surface area contributed by atoms with Gasteiger partial charge in [0.25, 0.3) is 0 Å². The van der Waals surface area contributed by atoms with Crippen molar-refractivity contribution in [1.82, 2.24) is 0 Å². The molecule has 2 heterocycles. The van der Waals surface area contributed by atoms with Crippen molar-refractivity contribution < 1.29 is 0 Å². The molecule has 0 saturated heterocycles. The lowest BCUT2D eigenvalue weighted by atomic mass is 10.0. The molecule has 0 aliphatic carbocycles. The summed E-state index contributed by atoms with van der Waals surface area (Å²) in [5, 5.41) is 9.89. The van der Waals surface area contributed by atoms with Gasteiger partial charge in [0.15, 0.2) is 0 Å². The smallest absolute Gasteiger partial charge is 0.0923 e. The monoisotopic (exact) mass is 416 g/mol. The second-order valence-corrected chi connectivity index (χ2v) is 7.94. The number of nitrogens with zero attached hydrogens (tertiary/aromatic N) is 2. The summed E-state index contributed by atoms with van der Waals surface area (Å²) in [6.45, 7) is 0. The fourth-order valence-electron chi connectivity index (χ4n) is 2.86. The van der Waals surface area contributed by atoms with Gasteiger partial charge in [-0.3, -0.25) is 5.01 Å². The third-order valence-electron chi connectivity index (χ3n) is 4.05. The highest BCUT2D eigenvalue weighted by Crippen LogP contribution is 2.38. The van der Waals surface area contributed by atoms with E-state index in [0.717, 1.165) is 32.9 Å². The first-order chi connectivity index (χ1) is 11.7. The Bertz CT molecular complexity index is 857. The van der Waals surface area contributed by atoms with Gasteiger partial charge < -0.3 is 0 Å². The normalized spacial score (nSPS) is 17.2. The van der Waals surface area contributed by atoms with Crippen molar-refractivity contribution in [1.29, 1.82) is 0 Å². The topological polar surface area (TPSA) is 15.6 Å². The average molecular weight is 418 g/mol. The van der Waals surface area contributed by atoms with Crippen LogP contribution in [0.25, 0.3) is 0 Å². The fraction of sp³-hybridized carbons (Fsp3) is 0.105. The summed E-state index contributed by atoms with van der Waals surface area (Å²) in [6, 6.07) is 20.7. The summed E-state index contributed by atoms with van der Waals surface area (Å²) in [5.41, 5.74) is 3.33. The number of rotatable bonds is 3. The molecule has 0 unspecified atom stereocenters. The highest BCUT2D eigenvalue weighted by molar-refractivity contribution is 9.10. The van der Waals surface area contributed by atoms with Crippen molar-refractivity contribution in [2.24, 2.45) is 5.10 Å². The molecule has 0 N–H and O–H groups in total. The zero-order valence-corrected chi connectivity index (χ0v) is 15.9. The molecule has 1 aliphatic rings. The van der Waals surface area contributed by atoms with E-state index < -0.39 is 0 Å². The van der Waals surface area contributed by atoms with Crippen LogP contribution in [-0.2, 0) is 0 Å². The van der Waals surface area contributed by atoms with Crippen LogP contribution in [0.1, 0.15) is 22.9 Å². The van der Waals surface area contributed by atoms with Gasteiger partial charge in [-0.05, 0) is 53.4 Å². The van der Waals surface area contributed by atoms with Gasteiger partial charge in [-0.1, -0.05) is 45.7 Å². The van der Waals surface area contributed by atoms with Gasteiger partial charge in [0.05, 0.1) is 17.4 Å². The van der Waals surface area contributed by atoms with Gasteiger partial charge in [-0.2, -0.15) is 5.10 Å². The predicted molar refractivity (Wildman–Crippen MR) is 106 cm³/mol. The minimum Gasteiger partial charge on any atom is -0.257 e. The Balaban J connectivity index is 1.73. The van der Waals surface area contributed by atoms with E-state index in [1.807, 2.05) is 24.3 Å². The number of hydrogen-bond donors (Lipinski definition) is 0. The van der Waals surface area contributed by atoms with E-state index in [1.165, 1.54) is 4.88 Å². The molecule has 120 valence electrons. The van der Waals surface area contributed by atoms with Crippen molar-refractivity contribution >= 4 is 50.3 Å². The van der Waals surface area contributed by atoms with Gasteiger partial charge in [-0.15, -0.1) is 11.3 Å². The Labute approximate surface area is 158 Å². The standard InChI is InChI=1S/C19H14BrClN2S/c20-14-5-3-13(4-6-14)17-12-18(19-2-1-11-24-19)23(22-17)16-9-7-15(21)8-10-16/h1-11,18H,12H2/t18-/m0/s1. The molecule has 0 amide bonds. The number of thiophene rings is 1. The molecule has 1 atom stereocenters. The van der Waals surface area contributed by atoms with Gasteiger partial charge in [0, 0.05) is 20.8 Å². The van der Waals surface area contributed by atoms with Crippen molar-refractivity contribution in [2.75, 3.05) is 5.01 Å². The number of anilines is 1. The molecule has 4 rings (SSSR count). The minimum absolute atomic E-state index is 0.227. The molecule has 3 aromatic rings. The second-order valence-electron chi connectivity index (χ2n) is 5.61. The van der Waals surface area contributed by atoms with Gasteiger partial charge in [-0.25, -0.2) is 0 Å². The van der Waals surface area contributed by atoms with Crippen LogP contribution >= 0.6 is 38.9 Å². The molecule has 2 nitrogen and oxygen atoms in total. The molecule has 24 heavy (non-hydrogen) atoms. The Morgan fingerprint density at radius 1 is 1.04 bits per heavy atom. The van der Waals surface area contributed by atoms with Crippen molar-refractivity contribution in [3.8, 4) is 0 Å². The van der Waals surface area contributed by atoms with Crippen LogP contribution in [0.4, 0.5) is 5.69 Å². The molecule has 1 aliphatic heterocycles. The van der Waals surface area contributed by atoms with Crippen LogP contribution < -0.4 is 5.01 Å². The van der Waals surface area contributed by atoms with E-state index >= 15 is 0 Å². The zero-order valence-electron chi connectivity index (χ0n) is 12.7. The Morgan fingerprint density at radius 3 is 2.46 bits per heavy atom. The Kier molecular flexibility index (Phi) is 4.44. The Hall–Kier alpha value is -1.62. The number of benzene rings is 2. The van der Waals surface area contributed by atoms with Gasteiger partial charge in [0.2, 0.25) is 0 Å². The maximum Gasteiger partial charge on any atom is 0.0923 e. The van der Waals surface area contributed by atoms with E-state index in [2.05, 4.69) is 62.7 Å². The first-order valence-corrected chi connectivity index (χ1v) is 9.67. The third-order valence-corrected chi connectivity index (χ3v) is 5.80. The van der Waals surface area contributed by atoms with Gasteiger partial charge in [0.1, 0.15) is 0 Å². The molecule has 0 saturated carbocycles. The lowest BCUT2D eigenvalue weighted by Crippen LogP contribution is -2.17. The summed E-state index contributed by atoms with van der Waals surface area (Å²) in [7, 11) is 0. The molecule has 0 bridgehead atoms.